The Morgan fingerprint density at radius 2 is 1.55 bits per heavy atom. The molecule has 4 heteroatoms. The zero-order chi connectivity index (χ0) is 8.43. The fraction of sp³-hybridized carbons (Fsp3) is 0.143. The lowest BCUT2D eigenvalue weighted by Gasteiger charge is -1.98. The van der Waals surface area contributed by atoms with Gasteiger partial charge in [-0.15, -0.1) is 11.8 Å². The van der Waals surface area contributed by atoms with Crippen LogP contribution in [0, 0.1) is 17.5 Å². The summed E-state index contributed by atoms with van der Waals surface area (Å²) >= 11 is 1.04. The second-order valence-corrected chi connectivity index (χ2v) is 2.75. The molecular formula is C7H5F3S. The van der Waals surface area contributed by atoms with Gasteiger partial charge in [-0.3, -0.25) is 0 Å². The van der Waals surface area contributed by atoms with Gasteiger partial charge in [-0.05, 0) is 12.3 Å². The third kappa shape index (κ3) is 1.68. The first-order valence-electron chi connectivity index (χ1n) is 2.83. The van der Waals surface area contributed by atoms with E-state index in [4.69, 9.17) is 0 Å². The standard InChI is InChI=1S/C7H5F3S/c1-11-7-3-5(9)4(8)2-6(7)10/h2-3H,1H3. The van der Waals surface area contributed by atoms with Crippen LogP contribution >= 0.6 is 11.8 Å². The summed E-state index contributed by atoms with van der Waals surface area (Å²) in [4.78, 5) is 0.115. The number of benzene rings is 1. The summed E-state index contributed by atoms with van der Waals surface area (Å²) in [5, 5.41) is 0. The van der Waals surface area contributed by atoms with Gasteiger partial charge in [0.25, 0.3) is 0 Å². The van der Waals surface area contributed by atoms with Gasteiger partial charge in [0.2, 0.25) is 0 Å². The molecule has 0 aliphatic heterocycles. The molecule has 60 valence electrons. The Bertz CT molecular complexity index is 273. The van der Waals surface area contributed by atoms with Gasteiger partial charge in [-0.1, -0.05) is 0 Å². The highest BCUT2D eigenvalue weighted by molar-refractivity contribution is 7.98. The Hall–Kier alpha value is -0.640. The molecule has 1 aromatic rings. The van der Waals surface area contributed by atoms with Crippen LogP contribution in [-0.4, -0.2) is 6.26 Å². The maximum atomic E-state index is 12.6. The predicted octanol–water partition coefficient (Wildman–Crippen LogP) is 2.83. The van der Waals surface area contributed by atoms with Gasteiger partial charge in [-0.25, -0.2) is 13.2 Å². The lowest BCUT2D eigenvalue weighted by molar-refractivity contribution is 0.486. The Morgan fingerprint density at radius 3 is 2.09 bits per heavy atom. The lowest BCUT2D eigenvalue weighted by atomic mass is 10.3. The first-order chi connectivity index (χ1) is 5.15. The van der Waals surface area contributed by atoms with E-state index in [1.54, 1.807) is 6.26 Å². The first-order valence-corrected chi connectivity index (χ1v) is 4.06. The summed E-state index contributed by atoms with van der Waals surface area (Å²) in [6, 6.07) is 1.39. The second-order valence-electron chi connectivity index (χ2n) is 1.90. The molecule has 0 N–H and O–H groups in total. The summed E-state index contributed by atoms with van der Waals surface area (Å²) < 4.78 is 37.3. The van der Waals surface area contributed by atoms with E-state index in [9.17, 15) is 13.2 Å². The van der Waals surface area contributed by atoms with Gasteiger partial charge >= 0.3 is 0 Å². The number of hydrogen-bond donors (Lipinski definition) is 0. The number of halogens is 3. The molecule has 0 amide bonds. The molecule has 0 bridgehead atoms. The second kappa shape index (κ2) is 3.17. The van der Waals surface area contributed by atoms with Crippen molar-refractivity contribution in [2.45, 2.75) is 4.90 Å². The fourth-order valence-corrected chi connectivity index (χ4v) is 1.14. The van der Waals surface area contributed by atoms with E-state index in [0.29, 0.717) is 6.07 Å². The van der Waals surface area contributed by atoms with Crippen molar-refractivity contribution in [2.24, 2.45) is 0 Å². The Balaban J connectivity index is 3.21. The first kappa shape index (κ1) is 8.46. The third-order valence-corrected chi connectivity index (χ3v) is 1.95. The van der Waals surface area contributed by atoms with Crippen LogP contribution < -0.4 is 0 Å². The van der Waals surface area contributed by atoms with E-state index >= 15 is 0 Å². The average molecular weight is 178 g/mol. The monoisotopic (exact) mass is 178 g/mol. The molecular weight excluding hydrogens is 173 g/mol. The van der Waals surface area contributed by atoms with Crippen LogP contribution in [0.1, 0.15) is 0 Å². The fourth-order valence-electron chi connectivity index (χ4n) is 0.661. The summed E-state index contributed by atoms with van der Waals surface area (Å²) in [5.74, 6) is -2.90. The zero-order valence-electron chi connectivity index (χ0n) is 5.70. The minimum atomic E-state index is -1.15. The topological polar surface area (TPSA) is 0 Å². The molecule has 11 heavy (non-hydrogen) atoms. The van der Waals surface area contributed by atoms with Gasteiger partial charge < -0.3 is 0 Å². The molecule has 1 aromatic carbocycles. The van der Waals surface area contributed by atoms with Crippen molar-refractivity contribution in [2.75, 3.05) is 6.26 Å². The molecule has 0 aliphatic carbocycles. The Kier molecular flexibility index (Phi) is 2.44. The van der Waals surface area contributed by atoms with Gasteiger partial charge in [-0.2, -0.15) is 0 Å². The third-order valence-electron chi connectivity index (χ3n) is 1.19. The zero-order valence-corrected chi connectivity index (χ0v) is 6.51. The molecule has 0 atom stereocenters. The van der Waals surface area contributed by atoms with Gasteiger partial charge in [0, 0.05) is 11.0 Å². The van der Waals surface area contributed by atoms with Crippen LogP contribution in [-0.2, 0) is 0 Å². The van der Waals surface area contributed by atoms with Crippen molar-refractivity contribution < 1.29 is 13.2 Å². The quantitative estimate of drug-likeness (QED) is 0.470. The molecule has 0 nitrogen and oxygen atoms in total. The van der Waals surface area contributed by atoms with Crippen LogP contribution in [0.25, 0.3) is 0 Å². The summed E-state index contributed by atoms with van der Waals surface area (Å²) in [6.45, 7) is 0. The number of hydrogen-bond acceptors (Lipinski definition) is 1. The van der Waals surface area contributed by atoms with Crippen molar-refractivity contribution in [1.82, 2.24) is 0 Å². The maximum Gasteiger partial charge on any atom is 0.161 e. The van der Waals surface area contributed by atoms with E-state index in [1.807, 2.05) is 0 Å². The van der Waals surface area contributed by atoms with Crippen LogP contribution in [0.15, 0.2) is 17.0 Å². The Labute approximate surface area is 66.4 Å². The maximum absolute atomic E-state index is 12.6. The number of rotatable bonds is 1. The molecule has 0 aliphatic rings. The van der Waals surface area contributed by atoms with Crippen LogP contribution in [0.2, 0.25) is 0 Å². The van der Waals surface area contributed by atoms with E-state index in [1.165, 1.54) is 0 Å². The molecule has 0 heterocycles. The van der Waals surface area contributed by atoms with E-state index in [-0.39, 0.29) is 4.90 Å². The molecule has 0 spiro atoms. The van der Waals surface area contributed by atoms with Crippen molar-refractivity contribution in [3.8, 4) is 0 Å². The molecule has 0 saturated heterocycles. The van der Waals surface area contributed by atoms with E-state index in [0.717, 1.165) is 17.8 Å². The van der Waals surface area contributed by atoms with Crippen LogP contribution in [0.4, 0.5) is 13.2 Å². The normalized spacial score (nSPS) is 10.2. The minimum absolute atomic E-state index is 0.115. The van der Waals surface area contributed by atoms with Crippen molar-refractivity contribution >= 4 is 11.8 Å². The largest absolute Gasteiger partial charge is 0.206 e. The van der Waals surface area contributed by atoms with Crippen LogP contribution in [0.3, 0.4) is 0 Å². The van der Waals surface area contributed by atoms with Gasteiger partial charge in [0.1, 0.15) is 5.82 Å². The molecule has 0 saturated carbocycles. The smallest absolute Gasteiger partial charge is 0.161 e. The average Bonchev–Trinajstić information content (AvgIpc) is 1.97. The minimum Gasteiger partial charge on any atom is -0.206 e. The highest BCUT2D eigenvalue weighted by atomic mass is 32.2. The van der Waals surface area contributed by atoms with Crippen molar-refractivity contribution in [1.29, 1.82) is 0 Å². The van der Waals surface area contributed by atoms with Crippen LogP contribution in [0.5, 0.6) is 0 Å². The predicted molar refractivity (Wildman–Crippen MR) is 38.1 cm³/mol. The summed E-state index contributed by atoms with van der Waals surface area (Å²) in [6.07, 6.45) is 1.59. The van der Waals surface area contributed by atoms with Gasteiger partial charge in [0.05, 0.1) is 0 Å². The lowest BCUT2D eigenvalue weighted by Crippen LogP contribution is -1.88. The molecule has 0 aromatic heterocycles. The van der Waals surface area contributed by atoms with Gasteiger partial charge in [0.15, 0.2) is 11.6 Å². The van der Waals surface area contributed by atoms with E-state index < -0.39 is 17.5 Å². The summed E-state index contributed by atoms with van der Waals surface area (Å²) in [5.41, 5.74) is 0. The molecule has 0 unspecified atom stereocenters. The molecule has 0 radical (unpaired) electrons. The SMILES string of the molecule is CSc1cc(F)c(F)cc1F. The van der Waals surface area contributed by atoms with E-state index in [2.05, 4.69) is 0 Å². The highest BCUT2D eigenvalue weighted by Gasteiger charge is 2.07. The number of thioether (sulfide) groups is 1. The molecule has 0 fully saturated rings. The molecule has 1 rings (SSSR count). The summed E-state index contributed by atoms with van der Waals surface area (Å²) in [7, 11) is 0. The Morgan fingerprint density at radius 1 is 1.00 bits per heavy atom. The van der Waals surface area contributed by atoms with Crippen molar-refractivity contribution in [3.63, 3.8) is 0 Å². The van der Waals surface area contributed by atoms with Crippen molar-refractivity contribution in [3.05, 3.63) is 29.6 Å². The highest BCUT2D eigenvalue weighted by Crippen LogP contribution is 2.21.